The summed E-state index contributed by atoms with van der Waals surface area (Å²) in [6.45, 7) is 4.87. The van der Waals surface area contributed by atoms with Crippen molar-refractivity contribution in [2.45, 2.75) is 63.6 Å². The quantitative estimate of drug-likeness (QED) is 0.662. The minimum absolute atomic E-state index is 0.0681. The van der Waals surface area contributed by atoms with Crippen LogP contribution in [0, 0.1) is 0 Å². The molecule has 6 nitrogen and oxygen atoms in total. The van der Waals surface area contributed by atoms with E-state index in [9.17, 15) is 9.59 Å². The summed E-state index contributed by atoms with van der Waals surface area (Å²) in [7, 11) is 0. The summed E-state index contributed by atoms with van der Waals surface area (Å²) in [4.78, 5) is 33.8. The molecule has 1 aliphatic heterocycles. The molecular weight excluding hydrogens is 400 g/mol. The van der Waals surface area contributed by atoms with Crippen LogP contribution in [0.15, 0.2) is 54.6 Å². The molecule has 2 aromatic carbocycles. The van der Waals surface area contributed by atoms with Gasteiger partial charge in [0.2, 0.25) is 5.91 Å². The predicted octanol–water partition coefficient (Wildman–Crippen LogP) is 4.11. The topological polar surface area (TPSA) is 67.2 Å². The number of carbonyl (C=O) groups excluding carboxylic acids is 2. The van der Waals surface area contributed by atoms with Crippen LogP contribution in [0.2, 0.25) is 0 Å². The molecule has 1 fully saturated rings. The molecular formula is C26H30N4O2. The standard InChI is InChI=1S/C26H30N4O2/c1-18(19-10-4-3-5-11-19)16-30-24(31)23-28-21-14-8-9-15-22(21)29(23)17-26(30,2)25(32)27-20-12-6-7-13-20/h3-5,8-11,14-15,18,20H,6-7,12-13,16-17H2,1-2H3,(H,27,32)/t18-,26+/m1/s1. The summed E-state index contributed by atoms with van der Waals surface area (Å²) in [5, 5.41) is 3.26. The fourth-order valence-electron chi connectivity index (χ4n) is 5.19. The van der Waals surface area contributed by atoms with Crippen molar-refractivity contribution in [3.63, 3.8) is 0 Å². The number of imidazole rings is 1. The lowest BCUT2D eigenvalue weighted by atomic mass is 9.91. The van der Waals surface area contributed by atoms with Gasteiger partial charge in [0.05, 0.1) is 17.6 Å². The van der Waals surface area contributed by atoms with Crippen LogP contribution in [0.3, 0.4) is 0 Å². The zero-order chi connectivity index (χ0) is 22.3. The van der Waals surface area contributed by atoms with Crippen molar-refractivity contribution >= 4 is 22.8 Å². The van der Waals surface area contributed by atoms with Gasteiger partial charge in [0.25, 0.3) is 5.91 Å². The Morgan fingerprint density at radius 2 is 1.81 bits per heavy atom. The van der Waals surface area contributed by atoms with Gasteiger partial charge < -0.3 is 14.8 Å². The van der Waals surface area contributed by atoms with Gasteiger partial charge in [0, 0.05) is 12.6 Å². The maximum Gasteiger partial charge on any atom is 0.290 e. The first-order chi connectivity index (χ1) is 15.5. The Hall–Kier alpha value is -3.15. The Labute approximate surface area is 188 Å². The monoisotopic (exact) mass is 430 g/mol. The van der Waals surface area contributed by atoms with Crippen LogP contribution in [0.1, 0.15) is 61.6 Å². The van der Waals surface area contributed by atoms with Crippen molar-refractivity contribution in [3.8, 4) is 0 Å². The number of carbonyl (C=O) groups is 2. The van der Waals surface area contributed by atoms with Gasteiger partial charge in [-0.25, -0.2) is 4.98 Å². The number of amides is 2. The molecule has 166 valence electrons. The van der Waals surface area contributed by atoms with Crippen LogP contribution >= 0.6 is 0 Å². The van der Waals surface area contributed by atoms with Crippen LogP contribution in [0.25, 0.3) is 11.0 Å². The summed E-state index contributed by atoms with van der Waals surface area (Å²) in [5.41, 5.74) is 1.84. The van der Waals surface area contributed by atoms with E-state index in [1.54, 1.807) is 4.90 Å². The second kappa shape index (κ2) is 8.08. The minimum atomic E-state index is -0.987. The average Bonchev–Trinajstić information content (AvgIpc) is 3.45. The van der Waals surface area contributed by atoms with E-state index in [4.69, 9.17) is 0 Å². The Morgan fingerprint density at radius 1 is 1.12 bits per heavy atom. The maximum absolute atomic E-state index is 13.8. The van der Waals surface area contributed by atoms with Gasteiger partial charge in [-0.2, -0.15) is 0 Å². The van der Waals surface area contributed by atoms with Gasteiger partial charge in [-0.05, 0) is 43.4 Å². The lowest BCUT2D eigenvalue weighted by Gasteiger charge is -2.45. The number of aromatic nitrogens is 2. The van der Waals surface area contributed by atoms with Gasteiger partial charge in [0.15, 0.2) is 5.82 Å². The zero-order valence-electron chi connectivity index (χ0n) is 18.8. The molecule has 1 aliphatic carbocycles. The molecule has 2 atom stereocenters. The highest BCUT2D eigenvalue weighted by molar-refractivity contribution is 6.01. The highest BCUT2D eigenvalue weighted by atomic mass is 16.2. The Balaban J connectivity index is 1.54. The summed E-state index contributed by atoms with van der Waals surface area (Å²) < 4.78 is 1.93. The fraction of sp³-hybridized carbons (Fsp3) is 0.423. The molecule has 0 bridgehead atoms. The third kappa shape index (κ3) is 3.48. The number of nitrogens with one attached hydrogen (secondary N) is 1. The summed E-state index contributed by atoms with van der Waals surface area (Å²) in [6.07, 6.45) is 4.31. The van der Waals surface area contributed by atoms with Gasteiger partial charge in [-0.3, -0.25) is 9.59 Å². The van der Waals surface area contributed by atoms with E-state index in [-0.39, 0.29) is 23.8 Å². The average molecular weight is 431 g/mol. The van der Waals surface area contributed by atoms with Crippen LogP contribution in [-0.4, -0.2) is 44.4 Å². The summed E-state index contributed by atoms with van der Waals surface area (Å²) in [5.74, 6) is 0.257. The molecule has 6 heteroatoms. The SMILES string of the molecule is C[C@H](CN1C(=O)c2nc3ccccc3n2C[C@@]1(C)C(=O)NC1CCCC1)c1ccccc1. The van der Waals surface area contributed by atoms with Crippen molar-refractivity contribution in [3.05, 3.63) is 66.0 Å². The Morgan fingerprint density at radius 3 is 2.56 bits per heavy atom. The smallest absolute Gasteiger partial charge is 0.290 e. The van der Waals surface area contributed by atoms with Gasteiger partial charge in [-0.1, -0.05) is 62.2 Å². The van der Waals surface area contributed by atoms with Crippen molar-refractivity contribution in [1.82, 2.24) is 19.8 Å². The predicted molar refractivity (Wildman–Crippen MR) is 124 cm³/mol. The maximum atomic E-state index is 13.8. The third-order valence-electron chi connectivity index (χ3n) is 7.16. The van der Waals surface area contributed by atoms with E-state index in [1.165, 1.54) is 0 Å². The highest BCUT2D eigenvalue weighted by Gasteiger charge is 2.49. The first-order valence-electron chi connectivity index (χ1n) is 11.6. The molecule has 2 amide bonds. The van der Waals surface area contributed by atoms with Gasteiger partial charge in [-0.15, -0.1) is 0 Å². The third-order valence-corrected chi connectivity index (χ3v) is 7.16. The second-order valence-corrected chi connectivity index (χ2v) is 9.47. The number of benzene rings is 2. The van der Waals surface area contributed by atoms with Gasteiger partial charge >= 0.3 is 0 Å². The van der Waals surface area contributed by atoms with E-state index in [0.29, 0.717) is 18.9 Å². The number of hydrogen-bond donors (Lipinski definition) is 1. The molecule has 0 unspecified atom stereocenters. The van der Waals surface area contributed by atoms with E-state index in [2.05, 4.69) is 29.4 Å². The van der Waals surface area contributed by atoms with Crippen LogP contribution < -0.4 is 5.32 Å². The fourth-order valence-corrected chi connectivity index (χ4v) is 5.19. The van der Waals surface area contributed by atoms with Crippen molar-refractivity contribution in [2.75, 3.05) is 6.54 Å². The first kappa shape index (κ1) is 20.7. The molecule has 1 saturated carbocycles. The Kier molecular flexibility index (Phi) is 5.24. The van der Waals surface area contributed by atoms with Crippen molar-refractivity contribution in [1.29, 1.82) is 0 Å². The van der Waals surface area contributed by atoms with E-state index in [0.717, 1.165) is 42.3 Å². The molecule has 2 aliphatic rings. The molecule has 32 heavy (non-hydrogen) atoms. The zero-order valence-corrected chi connectivity index (χ0v) is 18.8. The number of hydrogen-bond acceptors (Lipinski definition) is 3. The van der Waals surface area contributed by atoms with Gasteiger partial charge in [0.1, 0.15) is 5.54 Å². The van der Waals surface area contributed by atoms with Crippen molar-refractivity contribution in [2.24, 2.45) is 0 Å². The molecule has 1 N–H and O–H groups in total. The number of fused-ring (bicyclic) bond motifs is 3. The largest absolute Gasteiger partial charge is 0.351 e. The van der Waals surface area contributed by atoms with E-state index >= 15 is 0 Å². The van der Waals surface area contributed by atoms with Crippen molar-refractivity contribution < 1.29 is 9.59 Å². The molecule has 0 spiro atoms. The van der Waals surface area contributed by atoms with Crippen LogP contribution in [-0.2, 0) is 11.3 Å². The second-order valence-electron chi connectivity index (χ2n) is 9.47. The van der Waals surface area contributed by atoms with E-state index < -0.39 is 5.54 Å². The lowest BCUT2D eigenvalue weighted by molar-refractivity contribution is -0.133. The van der Waals surface area contributed by atoms with Crippen LogP contribution in [0.5, 0.6) is 0 Å². The Bertz CT molecular complexity index is 1150. The summed E-state index contributed by atoms with van der Waals surface area (Å²) in [6, 6.07) is 18.1. The molecule has 3 aromatic rings. The lowest BCUT2D eigenvalue weighted by Crippen LogP contribution is -2.65. The number of rotatable bonds is 5. The highest BCUT2D eigenvalue weighted by Crippen LogP contribution is 2.33. The first-order valence-corrected chi connectivity index (χ1v) is 11.6. The molecule has 0 radical (unpaired) electrons. The van der Waals surface area contributed by atoms with Crippen LogP contribution in [0.4, 0.5) is 0 Å². The summed E-state index contributed by atoms with van der Waals surface area (Å²) >= 11 is 0. The number of para-hydroxylation sites is 2. The minimum Gasteiger partial charge on any atom is -0.351 e. The van der Waals surface area contributed by atoms with E-state index in [1.807, 2.05) is 54.0 Å². The molecule has 2 heterocycles. The molecule has 0 saturated heterocycles. The normalized spacial score (nSPS) is 22.2. The molecule has 1 aromatic heterocycles. The molecule has 5 rings (SSSR count). The number of nitrogens with zero attached hydrogens (tertiary/aromatic N) is 3.